The molecule has 0 unspecified atom stereocenters. The molecule has 2 heterocycles. The molecule has 1 aliphatic rings. The zero-order valence-corrected chi connectivity index (χ0v) is 15.7. The van der Waals surface area contributed by atoms with Crippen LogP contribution in [-0.4, -0.2) is 58.0 Å². The lowest BCUT2D eigenvalue weighted by atomic mass is 9.92. The minimum atomic E-state index is -0.479. The Labute approximate surface area is 162 Å². The number of urea groups is 1. The number of aliphatic hydroxyl groups is 1. The molecule has 0 spiro atoms. The predicted molar refractivity (Wildman–Crippen MR) is 102 cm³/mol. The highest BCUT2D eigenvalue weighted by atomic mass is 35.5. The molecule has 3 N–H and O–H groups in total. The standard InChI is InChI=1S/C18H22ClN5O3/c1-23-8-12(6-21-23)16-10-24(9-13(16)11-25)17(26)7-20-18(27)22-15-4-2-3-14(19)5-15/h2-6,8,13,16,25H,7,9-11H2,1H3,(H2,20,22,27)/t13-,16-/m0/s1. The van der Waals surface area contributed by atoms with E-state index < -0.39 is 6.03 Å². The number of nitrogens with zero attached hydrogens (tertiary/aromatic N) is 3. The van der Waals surface area contributed by atoms with Crippen LogP contribution in [0.15, 0.2) is 36.7 Å². The Bertz CT molecular complexity index is 825. The number of rotatable bonds is 5. The zero-order chi connectivity index (χ0) is 19.4. The molecule has 2 atom stereocenters. The van der Waals surface area contributed by atoms with Crippen molar-refractivity contribution in [1.82, 2.24) is 20.0 Å². The average Bonchev–Trinajstić information content (AvgIpc) is 3.25. The first-order valence-corrected chi connectivity index (χ1v) is 9.01. The van der Waals surface area contributed by atoms with Crippen molar-refractivity contribution in [2.75, 3.05) is 31.6 Å². The van der Waals surface area contributed by atoms with Crippen molar-refractivity contribution in [3.63, 3.8) is 0 Å². The fourth-order valence-electron chi connectivity index (χ4n) is 3.28. The number of likely N-dealkylation sites (tertiary alicyclic amines) is 1. The summed E-state index contributed by atoms with van der Waals surface area (Å²) >= 11 is 5.88. The second-order valence-electron chi connectivity index (χ2n) is 6.61. The topological polar surface area (TPSA) is 99.5 Å². The van der Waals surface area contributed by atoms with Gasteiger partial charge in [0.1, 0.15) is 0 Å². The highest BCUT2D eigenvalue weighted by Crippen LogP contribution is 2.32. The molecule has 3 amide bonds. The van der Waals surface area contributed by atoms with Gasteiger partial charge in [-0.05, 0) is 23.8 Å². The number of anilines is 1. The van der Waals surface area contributed by atoms with Crippen LogP contribution in [0, 0.1) is 5.92 Å². The molecule has 2 aromatic rings. The van der Waals surface area contributed by atoms with E-state index in [0.717, 1.165) is 5.56 Å². The summed E-state index contributed by atoms with van der Waals surface area (Å²) in [7, 11) is 1.83. The molecule has 0 aliphatic carbocycles. The monoisotopic (exact) mass is 391 g/mol. The van der Waals surface area contributed by atoms with Gasteiger partial charge in [-0.3, -0.25) is 9.48 Å². The van der Waals surface area contributed by atoms with Gasteiger partial charge >= 0.3 is 6.03 Å². The number of nitrogens with one attached hydrogen (secondary N) is 2. The molecule has 3 rings (SSSR count). The first kappa shape index (κ1) is 19.2. The van der Waals surface area contributed by atoms with E-state index in [0.29, 0.717) is 23.8 Å². The number of aromatic nitrogens is 2. The molecule has 1 fully saturated rings. The van der Waals surface area contributed by atoms with Gasteiger partial charge < -0.3 is 20.6 Å². The molecule has 0 bridgehead atoms. The number of hydrogen-bond acceptors (Lipinski definition) is 4. The Kier molecular flexibility index (Phi) is 5.98. The first-order chi connectivity index (χ1) is 13.0. The van der Waals surface area contributed by atoms with E-state index in [1.807, 2.05) is 13.2 Å². The predicted octanol–water partition coefficient (Wildman–Crippen LogP) is 1.43. The average molecular weight is 392 g/mol. The van der Waals surface area contributed by atoms with Gasteiger partial charge in [0.25, 0.3) is 0 Å². The highest BCUT2D eigenvalue weighted by Gasteiger charge is 2.36. The van der Waals surface area contributed by atoms with Crippen molar-refractivity contribution >= 4 is 29.2 Å². The lowest BCUT2D eigenvalue weighted by Crippen LogP contribution is -2.40. The van der Waals surface area contributed by atoms with Crippen molar-refractivity contribution < 1.29 is 14.7 Å². The fraction of sp³-hybridized carbons (Fsp3) is 0.389. The summed E-state index contributed by atoms with van der Waals surface area (Å²) in [6, 6.07) is 6.28. The summed E-state index contributed by atoms with van der Waals surface area (Å²) in [4.78, 5) is 26.1. The highest BCUT2D eigenvalue weighted by molar-refractivity contribution is 6.30. The quantitative estimate of drug-likeness (QED) is 0.717. The van der Waals surface area contributed by atoms with Crippen LogP contribution in [0.2, 0.25) is 5.02 Å². The van der Waals surface area contributed by atoms with Gasteiger partial charge in [0.05, 0.1) is 12.7 Å². The van der Waals surface area contributed by atoms with Crippen LogP contribution in [0.5, 0.6) is 0 Å². The molecule has 1 aliphatic heterocycles. The SMILES string of the molecule is Cn1cc([C@@H]2CN(C(=O)CNC(=O)Nc3cccc(Cl)c3)C[C@H]2CO)cn1. The van der Waals surface area contributed by atoms with Crippen LogP contribution in [0.4, 0.5) is 10.5 Å². The summed E-state index contributed by atoms with van der Waals surface area (Å²) in [6.07, 6.45) is 3.66. The Balaban J connectivity index is 1.52. The number of halogens is 1. The molecule has 0 radical (unpaired) electrons. The van der Waals surface area contributed by atoms with Crippen molar-refractivity contribution in [2.24, 2.45) is 13.0 Å². The van der Waals surface area contributed by atoms with Crippen LogP contribution in [0.1, 0.15) is 11.5 Å². The van der Waals surface area contributed by atoms with E-state index in [9.17, 15) is 14.7 Å². The van der Waals surface area contributed by atoms with Crippen molar-refractivity contribution in [3.8, 4) is 0 Å². The fourth-order valence-corrected chi connectivity index (χ4v) is 3.47. The Morgan fingerprint density at radius 1 is 1.37 bits per heavy atom. The molecule has 1 aromatic carbocycles. The minimum absolute atomic E-state index is 0.00791. The van der Waals surface area contributed by atoms with E-state index in [2.05, 4.69) is 15.7 Å². The molecule has 144 valence electrons. The number of hydrogen-bond donors (Lipinski definition) is 3. The van der Waals surface area contributed by atoms with Gasteiger partial charge in [0, 0.05) is 55.5 Å². The minimum Gasteiger partial charge on any atom is -0.396 e. The van der Waals surface area contributed by atoms with Crippen LogP contribution < -0.4 is 10.6 Å². The maximum atomic E-state index is 12.5. The summed E-state index contributed by atoms with van der Waals surface area (Å²) in [5.74, 6) is -0.201. The smallest absolute Gasteiger partial charge is 0.319 e. The first-order valence-electron chi connectivity index (χ1n) is 8.64. The van der Waals surface area contributed by atoms with Gasteiger partial charge in [-0.15, -0.1) is 0 Å². The number of aliphatic hydroxyl groups excluding tert-OH is 1. The van der Waals surface area contributed by atoms with Gasteiger partial charge in [-0.1, -0.05) is 17.7 Å². The lowest BCUT2D eigenvalue weighted by molar-refractivity contribution is -0.129. The van der Waals surface area contributed by atoms with Crippen LogP contribution >= 0.6 is 11.6 Å². The van der Waals surface area contributed by atoms with E-state index in [4.69, 9.17) is 11.6 Å². The lowest BCUT2D eigenvalue weighted by Gasteiger charge is -2.17. The number of carbonyl (C=O) groups excluding carboxylic acids is 2. The Hall–Kier alpha value is -2.58. The van der Waals surface area contributed by atoms with E-state index in [-0.39, 0.29) is 30.9 Å². The number of carbonyl (C=O) groups is 2. The Morgan fingerprint density at radius 2 is 2.19 bits per heavy atom. The molecule has 1 aromatic heterocycles. The third kappa shape index (κ3) is 4.78. The summed E-state index contributed by atoms with van der Waals surface area (Å²) < 4.78 is 1.70. The molecule has 0 saturated carbocycles. The van der Waals surface area contributed by atoms with Gasteiger partial charge in [-0.25, -0.2) is 4.79 Å². The maximum Gasteiger partial charge on any atom is 0.319 e. The van der Waals surface area contributed by atoms with Crippen molar-refractivity contribution in [2.45, 2.75) is 5.92 Å². The van der Waals surface area contributed by atoms with E-state index in [1.165, 1.54) is 0 Å². The van der Waals surface area contributed by atoms with Crippen LogP contribution in [-0.2, 0) is 11.8 Å². The van der Waals surface area contributed by atoms with E-state index in [1.54, 1.807) is 40.0 Å². The molecule has 8 nitrogen and oxygen atoms in total. The van der Waals surface area contributed by atoms with Gasteiger partial charge in [0.15, 0.2) is 0 Å². The summed E-state index contributed by atoms with van der Waals surface area (Å²) in [5.41, 5.74) is 1.55. The number of benzene rings is 1. The third-order valence-electron chi connectivity index (χ3n) is 4.66. The molecule has 9 heteroatoms. The van der Waals surface area contributed by atoms with E-state index >= 15 is 0 Å². The molecular formula is C18H22ClN5O3. The third-order valence-corrected chi connectivity index (χ3v) is 4.90. The summed E-state index contributed by atoms with van der Waals surface area (Å²) in [6.45, 7) is 0.816. The normalized spacial score (nSPS) is 19.1. The Morgan fingerprint density at radius 3 is 2.85 bits per heavy atom. The van der Waals surface area contributed by atoms with Gasteiger partial charge in [0.2, 0.25) is 5.91 Å². The maximum absolute atomic E-state index is 12.5. The second-order valence-corrected chi connectivity index (χ2v) is 7.05. The molecular weight excluding hydrogens is 370 g/mol. The number of amides is 3. The number of aryl methyl sites for hydroxylation is 1. The molecule has 1 saturated heterocycles. The second kappa shape index (κ2) is 8.41. The largest absolute Gasteiger partial charge is 0.396 e. The summed E-state index contributed by atoms with van der Waals surface area (Å²) in [5, 5.41) is 19.5. The van der Waals surface area contributed by atoms with Crippen molar-refractivity contribution in [1.29, 1.82) is 0 Å². The van der Waals surface area contributed by atoms with Crippen LogP contribution in [0.25, 0.3) is 0 Å². The van der Waals surface area contributed by atoms with Crippen molar-refractivity contribution in [3.05, 3.63) is 47.2 Å². The van der Waals surface area contributed by atoms with Gasteiger partial charge in [-0.2, -0.15) is 5.10 Å². The molecule has 27 heavy (non-hydrogen) atoms. The zero-order valence-electron chi connectivity index (χ0n) is 14.9. The van der Waals surface area contributed by atoms with Crippen LogP contribution in [0.3, 0.4) is 0 Å².